The minimum absolute atomic E-state index is 0.0364. The van der Waals surface area contributed by atoms with Gasteiger partial charge in [0.05, 0.1) is 9.82 Å². The SMILES string of the molecule is CC1CCC(NS(=O)(=O)c2ccc(N3CCN(C)CC3)c([N+](=O)[O-])c2)CC1. The normalized spacial score (nSPS) is 24.7. The number of likely N-dealkylation sites (N-methyl/N-ethyl adjacent to an activating group) is 1. The lowest BCUT2D eigenvalue weighted by atomic mass is 9.88. The van der Waals surface area contributed by atoms with Gasteiger partial charge in [-0.25, -0.2) is 13.1 Å². The molecule has 1 aromatic rings. The van der Waals surface area contributed by atoms with Gasteiger partial charge < -0.3 is 9.80 Å². The minimum atomic E-state index is -3.77. The van der Waals surface area contributed by atoms with E-state index in [2.05, 4.69) is 16.5 Å². The Morgan fingerprint density at radius 3 is 2.33 bits per heavy atom. The summed E-state index contributed by atoms with van der Waals surface area (Å²) in [5, 5.41) is 11.6. The van der Waals surface area contributed by atoms with Crippen LogP contribution in [-0.2, 0) is 10.0 Å². The van der Waals surface area contributed by atoms with E-state index < -0.39 is 14.9 Å². The molecule has 1 aliphatic heterocycles. The molecule has 0 unspecified atom stereocenters. The molecule has 1 saturated carbocycles. The highest BCUT2D eigenvalue weighted by atomic mass is 32.2. The smallest absolute Gasteiger partial charge is 0.293 e. The number of nitro benzene ring substituents is 1. The van der Waals surface area contributed by atoms with Crippen molar-refractivity contribution in [1.82, 2.24) is 9.62 Å². The fourth-order valence-corrected chi connectivity index (χ4v) is 5.12. The number of nitrogens with one attached hydrogen (secondary N) is 1. The number of rotatable bonds is 5. The zero-order valence-corrected chi connectivity index (χ0v) is 16.7. The molecule has 9 heteroatoms. The second kappa shape index (κ2) is 8.12. The largest absolute Gasteiger partial charge is 0.363 e. The Balaban J connectivity index is 1.81. The molecule has 8 nitrogen and oxygen atoms in total. The van der Waals surface area contributed by atoms with Crippen LogP contribution in [0.1, 0.15) is 32.6 Å². The van der Waals surface area contributed by atoms with Crippen LogP contribution in [-0.4, -0.2) is 57.5 Å². The summed E-state index contributed by atoms with van der Waals surface area (Å²) in [4.78, 5) is 15.2. The van der Waals surface area contributed by atoms with Gasteiger partial charge in [-0.3, -0.25) is 10.1 Å². The van der Waals surface area contributed by atoms with Crippen LogP contribution in [0.2, 0.25) is 0 Å². The lowest BCUT2D eigenvalue weighted by Crippen LogP contribution is -2.44. The zero-order chi connectivity index (χ0) is 19.6. The third kappa shape index (κ3) is 4.77. The number of nitro groups is 1. The molecular formula is C18H28N4O4S. The number of nitrogens with zero attached hydrogens (tertiary/aromatic N) is 3. The van der Waals surface area contributed by atoms with Crippen LogP contribution >= 0.6 is 0 Å². The number of benzene rings is 1. The Morgan fingerprint density at radius 1 is 1.11 bits per heavy atom. The molecule has 1 N–H and O–H groups in total. The van der Waals surface area contributed by atoms with Gasteiger partial charge in [0.15, 0.2) is 0 Å². The van der Waals surface area contributed by atoms with Crippen LogP contribution in [0.3, 0.4) is 0 Å². The van der Waals surface area contributed by atoms with Crippen molar-refractivity contribution in [2.45, 2.75) is 43.5 Å². The van der Waals surface area contributed by atoms with E-state index in [9.17, 15) is 18.5 Å². The van der Waals surface area contributed by atoms with E-state index in [1.807, 2.05) is 11.9 Å². The first-order valence-corrected chi connectivity index (χ1v) is 11.0. The molecule has 0 radical (unpaired) electrons. The molecule has 1 aromatic carbocycles. The average molecular weight is 397 g/mol. The Hall–Kier alpha value is -1.71. The summed E-state index contributed by atoms with van der Waals surface area (Å²) in [6.07, 6.45) is 3.61. The van der Waals surface area contributed by atoms with E-state index in [0.29, 0.717) is 24.7 Å². The molecule has 2 fully saturated rings. The molecule has 27 heavy (non-hydrogen) atoms. The third-order valence-electron chi connectivity index (χ3n) is 5.64. The van der Waals surface area contributed by atoms with Crippen LogP contribution in [0.4, 0.5) is 11.4 Å². The maximum absolute atomic E-state index is 12.7. The number of piperazine rings is 1. The standard InChI is InChI=1S/C18H28N4O4S/c1-14-3-5-15(6-4-14)19-27(25,26)16-7-8-17(18(13-16)22(23)24)21-11-9-20(2)10-12-21/h7-8,13-15,19H,3-6,9-12H2,1-2H3. The van der Waals surface area contributed by atoms with Crippen molar-refractivity contribution < 1.29 is 13.3 Å². The minimum Gasteiger partial charge on any atom is -0.363 e. The van der Waals surface area contributed by atoms with Gasteiger partial charge in [0, 0.05) is 38.3 Å². The van der Waals surface area contributed by atoms with E-state index in [0.717, 1.165) is 38.8 Å². The van der Waals surface area contributed by atoms with E-state index in [1.54, 1.807) is 6.07 Å². The second-order valence-electron chi connectivity index (χ2n) is 7.78. The average Bonchev–Trinajstić information content (AvgIpc) is 2.63. The summed E-state index contributed by atoms with van der Waals surface area (Å²) in [5.74, 6) is 0.620. The molecule has 150 valence electrons. The Labute approximate surface area is 160 Å². The molecule has 1 aliphatic carbocycles. The van der Waals surface area contributed by atoms with Crippen molar-refractivity contribution in [2.24, 2.45) is 5.92 Å². The molecular weight excluding hydrogens is 368 g/mol. The van der Waals surface area contributed by atoms with Gasteiger partial charge >= 0.3 is 0 Å². The summed E-state index contributed by atoms with van der Waals surface area (Å²) in [6.45, 7) is 5.17. The van der Waals surface area contributed by atoms with Crippen molar-refractivity contribution in [1.29, 1.82) is 0 Å². The molecule has 3 rings (SSSR count). The number of anilines is 1. The predicted octanol–water partition coefficient (Wildman–Crippen LogP) is 2.20. The number of sulfonamides is 1. The highest BCUT2D eigenvalue weighted by Crippen LogP contribution is 2.32. The summed E-state index contributed by atoms with van der Waals surface area (Å²) < 4.78 is 28.2. The van der Waals surface area contributed by atoms with Gasteiger partial charge in [-0.1, -0.05) is 6.92 Å². The van der Waals surface area contributed by atoms with Crippen molar-refractivity contribution in [3.05, 3.63) is 28.3 Å². The molecule has 0 amide bonds. The summed E-state index contributed by atoms with van der Waals surface area (Å²) in [7, 11) is -1.76. The highest BCUT2D eigenvalue weighted by Gasteiger charge is 2.28. The first-order valence-electron chi connectivity index (χ1n) is 9.50. The van der Waals surface area contributed by atoms with E-state index >= 15 is 0 Å². The van der Waals surface area contributed by atoms with E-state index in [1.165, 1.54) is 12.1 Å². The molecule has 0 spiro atoms. The van der Waals surface area contributed by atoms with E-state index in [-0.39, 0.29) is 16.6 Å². The molecule has 1 saturated heterocycles. The maximum Gasteiger partial charge on any atom is 0.293 e. The third-order valence-corrected chi connectivity index (χ3v) is 7.15. The topological polar surface area (TPSA) is 95.8 Å². The second-order valence-corrected chi connectivity index (χ2v) is 9.49. The van der Waals surface area contributed by atoms with Crippen LogP contribution in [0, 0.1) is 16.0 Å². The van der Waals surface area contributed by atoms with Gasteiger partial charge in [-0.15, -0.1) is 0 Å². The Kier molecular flexibility index (Phi) is 6.02. The summed E-state index contributed by atoms with van der Waals surface area (Å²) in [5.41, 5.74) is 0.332. The summed E-state index contributed by atoms with van der Waals surface area (Å²) in [6, 6.07) is 4.15. The predicted molar refractivity (Wildman–Crippen MR) is 105 cm³/mol. The van der Waals surface area contributed by atoms with Gasteiger partial charge in [0.25, 0.3) is 5.69 Å². The quantitative estimate of drug-likeness (QED) is 0.605. The highest BCUT2D eigenvalue weighted by molar-refractivity contribution is 7.89. The van der Waals surface area contributed by atoms with Gasteiger partial charge in [-0.2, -0.15) is 0 Å². The molecule has 2 aliphatic rings. The fraction of sp³-hybridized carbons (Fsp3) is 0.667. The number of hydrogen-bond donors (Lipinski definition) is 1. The van der Waals surface area contributed by atoms with Crippen LogP contribution in [0.5, 0.6) is 0 Å². The zero-order valence-electron chi connectivity index (χ0n) is 15.9. The monoisotopic (exact) mass is 396 g/mol. The lowest BCUT2D eigenvalue weighted by Gasteiger charge is -2.33. The first kappa shape index (κ1) is 20.0. The molecule has 0 atom stereocenters. The van der Waals surface area contributed by atoms with Crippen molar-refractivity contribution in [2.75, 3.05) is 38.1 Å². The van der Waals surface area contributed by atoms with Crippen LogP contribution in [0.25, 0.3) is 0 Å². The molecule has 0 aromatic heterocycles. The van der Waals surface area contributed by atoms with Crippen molar-refractivity contribution in [3.63, 3.8) is 0 Å². The first-order chi connectivity index (χ1) is 12.8. The Morgan fingerprint density at radius 2 is 1.74 bits per heavy atom. The lowest BCUT2D eigenvalue weighted by molar-refractivity contribution is -0.384. The van der Waals surface area contributed by atoms with Gasteiger partial charge in [0.2, 0.25) is 10.0 Å². The van der Waals surface area contributed by atoms with Crippen LogP contribution < -0.4 is 9.62 Å². The summed E-state index contributed by atoms with van der Waals surface area (Å²) >= 11 is 0. The van der Waals surface area contributed by atoms with Crippen molar-refractivity contribution >= 4 is 21.4 Å². The molecule has 1 heterocycles. The van der Waals surface area contributed by atoms with Crippen LogP contribution in [0.15, 0.2) is 23.1 Å². The van der Waals surface area contributed by atoms with Gasteiger partial charge in [0.1, 0.15) is 5.69 Å². The van der Waals surface area contributed by atoms with Crippen molar-refractivity contribution in [3.8, 4) is 0 Å². The number of hydrogen-bond acceptors (Lipinski definition) is 6. The fourth-order valence-electron chi connectivity index (χ4n) is 3.80. The molecule has 0 bridgehead atoms. The Bertz CT molecular complexity index is 783. The maximum atomic E-state index is 12.7. The van der Waals surface area contributed by atoms with Gasteiger partial charge in [-0.05, 0) is 50.8 Å². The van der Waals surface area contributed by atoms with E-state index in [4.69, 9.17) is 0 Å².